The predicted molar refractivity (Wildman–Crippen MR) is 80.3 cm³/mol. The summed E-state index contributed by atoms with van der Waals surface area (Å²) in [6.45, 7) is 0.182. The van der Waals surface area contributed by atoms with E-state index in [4.69, 9.17) is 16.3 Å². The highest BCUT2D eigenvalue weighted by molar-refractivity contribution is 7.16. The fraction of sp³-hybridized carbons (Fsp3) is 0.333. The molecule has 0 radical (unpaired) electrons. The number of rotatable bonds is 6. The molecule has 1 N–H and O–H groups in total. The van der Waals surface area contributed by atoms with Crippen molar-refractivity contribution in [2.75, 3.05) is 13.7 Å². The van der Waals surface area contributed by atoms with Crippen LogP contribution in [-0.4, -0.2) is 18.8 Å². The highest BCUT2D eigenvalue weighted by Crippen LogP contribution is 2.25. The molecule has 0 amide bonds. The lowest BCUT2D eigenvalue weighted by Crippen LogP contribution is -2.12. The number of thiophene rings is 1. The lowest BCUT2D eigenvalue weighted by atomic mass is 9.96. The highest BCUT2D eigenvalue weighted by atomic mass is 35.5. The first-order chi connectivity index (χ1) is 9.21. The van der Waals surface area contributed by atoms with Gasteiger partial charge in [0.05, 0.1) is 11.4 Å². The molecule has 1 atom stereocenters. The van der Waals surface area contributed by atoms with Crippen molar-refractivity contribution in [2.24, 2.45) is 5.92 Å². The van der Waals surface area contributed by atoms with Crippen LogP contribution in [0.1, 0.15) is 10.4 Å². The van der Waals surface area contributed by atoms with Gasteiger partial charge in [-0.3, -0.25) is 0 Å². The van der Waals surface area contributed by atoms with Crippen LogP contribution in [-0.2, 0) is 12.8 Å². The van der Waals surface area contributed by atoms with Gasteiger partial charge in [0.2, 0.25) is 0 Å². The Morgan fingerprint density at radius 3 is 2.42 bits per heavy atom. The van der Waals surface area contributed by atoms with Gasteiger partial charge in [-0.25, -0.2) is 0 Å². The Balaban J connectivity index is 1.97. The average molecular weight is 297 g/mol. The molecule has 19 heavy (non-hydrogen) atoms. The summed E-state index contributed by atoms with van der Waals surface area (Å²) in [5.74, 6) is 1.08. The monoisotopic (exact) mass is 296 g/mol. The smallest absolute Gasteiger partial charge is 0.118 e. The van der Waals surface area contributed by atoms with Crippen molar-refractivity contribution in [1.82, 2.24) is 0 Å². The molecule has 1 heterocycles. The number of halogens is 1. The largest absolute Gasteiger partial charge is 0.497 e. The van der Waals surface area contributed by atoms with Crippen LogP contribution in [0.25, 0.3) is 0 Å². The van der Waals surface area contributed by atoms with E-state index in [1.807, 2.05) is 36.4 Å². The number of aliphatic hydroxyl groups excluding tert-OH is 1. The van der Waals surface area contributed by atoms with E-state index in [0.717, 1.165) is 22.9 Å². The summed E-state index contributed by atoms with van der Waals surface area (Å²) in [5, 5.41) is 9.50. The molecule has 0 spiro atoms. The van der Waals surface area contributed by atoms with Gasteiger partial charge in [-0.2, -0.15) is 0 Å². The third-order valence-electron chi connectivity index (χ3n) is 3.06. The van der Waals surface area contributed by atoms with E-state index in [2.05, 4.69) is 0 Å². The third-order valence-corrected chi connectivity index (χ3v) is 4.31. The maximum Gasteiger partial charge on any atom is 0.118 e. The summed E-state index contributed by atoms with van der Waals surface area (Å²) in [6.07, 6.45) is 1.72. The van der Waals surface area contributed by atoms with Gasteiger partial charge in [-0.1, -0.05) is 23.7 Å². The normalized spacial score (nSPS) is 12.4. The SMILES string of the molecule is COc1ccc(CC(CO)Cc2ccc(Cl)s2)cc1. The van der Waals surface area contributed by atoms with E-state index in [9.17, 15) is 5.11 Å². The standard InChI is InChI=1S/C15H17ClO2S/c1-18-13-4-2-11(3-5-13)8-12(10-17)9-14-6-7-15(16)19-14/h2-7,12,17H,8-10H2,1H3. The first kappa shape index (κ1) is 14.4. The van der Waals surface area contributed by atoms with E-state index in [1.165, 1.54) is 10.4 Å². The summed E-state index contributed by atoms with van der Waals surface area (Å²) < 4.78 is 5.94. The second-order valence-corrected chi connectivity index (χ2v) is 6.31. The van der Waals surface area contributed by atoms with Crippen molar-refractivity contribution >= 4 is 22.9 Å². The molecule has 0 aliphatic carbocycles. The van der Waals surface area contributed by atoms with Crippen LogP contribution < -0.4 is 4.74 Å². The Kier molecular flexibility index (Phi) is 5.25. The lowest BCUT2D eigenvalue weighted by molar-refractivity contribution is 0.225. The second kappa shape index (κ2) is 6.94. The number of methoxy groups -OCH3 is 1. The average Bonchev–Trinajstić information content (AvgIpc) is 2.84. The molecular formula is C15H17ClO2S. The van der Waals surface area contributed by atoms with Crippen LogP contribution in [0.15, 0.2) is 36.4 Å². The second-order valence-electron chi connectivity index (χ2n) is 4.51. The quantitative estimate of drug-likeness (QED) is 0.878. The molecule has 102 valence electrons. The van der Waals surface area contributed by atoms with Crippen molar-refractivity contribution in [3.63, 3.8) is 0 Å². The van der Waals surface area contributed by atoms with Gasteiger partial charge >= 0.3 is 0 Å². The van der Waals surface area contributed by atoms with Crippen LogP contribution in [0, 0.1) is 5.92 Å². The van der Waals surface area contributed by atoms with Gasteiger partial charge in [0.25, 0.3) is 0 Å². The summed E-state index contributed by atoms with van der Waals surface area (Å²) >= 11 is 7.51. The summed E-state index contributed by atoms with van der Waals surface area (Å²) in [7, 11) is 1.66. The van der Waals surface area contributed by atoms with Crippen molar-refractivity contribution in [3.05, 3.63) is 51.2 Å². The first-order valence-corrected chi connectivity index (χ1v) is 7.38. The third kappa shape index (κ3) is 4.23. The van der Waals surface area contributed by atoms with Gasteiger partial charge in [-0.15, -0.1) is 11.3 Å². The molecule has 1 aromatic heterocycles. The molecule has 0 saturated heterocycles. The highest BCUT2D eigenvalue weighted by Gasteiger charge is 2.11. The van der Waals surface area contributed by atoms with Crippen LogP contribution in [0.3, 0.4) is 0 Å². The molecule has 0 saturated carbocycles. The van der Waals surface area contributed by atoms with Gasteiger partial charge < -0.3 is 9.84 Å². The van der Waals surface area contributed by atoms with Crippen molar-refractivity contribution in [3.8, 4) is 5.75 Å². The Bertz CT molecular complexity index is 507. The Hall–Kier alpha value is -1.03. The van der Waals surface area contributed by atoms with Gasteiger partial charge in [0.15, 0.2) is 0 Å². The van der Waals surface area contributed by atoms with Crippen LogP contribution in [0.5, 0.6) is 5.75 Å². The van der Waals surface area contributed by atoms with Crippen LogP contribution in [0.4, 0.5) is 0 Å². The number of benzene rings is 1. The van der Waals surface area contributed by atoms with Crippen LogP contribution in [0.2, 0.25) is 4.34 Å². The first-order valence-electron chi connectivity index (χ1n) is 6.19. The minimum absolute atomic E-state index is 0.182. The van der Waals surface area contributed by atoms with E-state index in [0.29, 0.717) is 0 Å². The van der Waals surface area contributed by atoms with E-state index in [1.54, 1.807) is 18.4 Å². The predicted octanol–water partition coefficient (Wildman–Crippen LogP) is 3.80. The van der Waals surface area contributed by atoms with Crippen molar-refractivity contribution < 1.29 is 9.84 Å². The number of hydrogen-bond donors (Lipinski definition) is 1. The zero-order valence-corrected chi connectivity index (χ0v) is 12.4. The van der Waals surface area contributed by atoms with Gasteiger partial charge in [0.1, 0.15) is 5.75 Å². The van der Waals surface area contributed by atoms with Crippen molar-refractivity contribution in [1.29, 1.82) is 0 Å². The topological polar surface area (TPSA) is 29.5 Å². The molecule has 2 aromatic rings. The molecule has 1 unspecified atom stereocenters. The minimum Gasteiger partial charge on any atom is -0.497 e. The Morgan fingerprint density at radius 2 is 1.89 bits per heavy atom. The summed E-state index contributed by atoms with van der Waals surface area (Å²) in [4.78, 5) is 1.22. The molecule has 4 heteroatoms. The van der Waals surface area contributed by atoms with E-state index < -0.39 is 0 Å². The van der Waals surface area contributed by atoms with Gasteiger partial charge in [0, 0.05) is 11.5 Å². The molecular weight excluding hydrogens is 280 g/mol. The number of aliphatic hydroxyl groups is 1. The number of ether oxygens (including phenoxy) is 1. The molecule has 0 fully saturated rings. The summed E-state index contributed by atoms with van der Waals surface area (Å²) in [6, 6.07) is 11.9. The lowest BCUT2D eigenvalue weighted by Gasteiger charge is -2.13. The van der Waals surface area contributed by atoms with Crippen LogP contribution >= 0.6 is 22.9 Å². The van der Waals surface area contributed by atoms with E-state index >= 15 is 0 Å². The summed E-state index contributed by atoms with van der Waals surface area (Å²) in [5.41, 5.74) is 1.21. The maximum atomic E-state index is 9.50. The molecule has 0 aliphatic heterocycles. The Labute approximate surface area is 122 Å². The molecule has 2 nitrogen and oxygen atoms in total. The van der Waals surface area contributed by atoms with E-state index in [-0.39, 0.29) is 12.5 Å². The van der Waals surface area contributed by atoms with Crippen molar-refractivity contribution in [2.45, 2.75) is 12.8 Å². The minimum atomic E-state index is 0.182. The fourth-order valence-electron chi connectivity index (χ4n) is 2.04. The zero-order valence-electron chi connectivity index (χ0n) is 10.8. The molecule has 0 aliphatic rings. The number of hydrogen-bond acceptors (Lipinski definition) is 3. The zero-order chi connectivity index (χ0) is 13.7. The molecule has 0 bridgehead atoms. The molecule has 1 aromatic carbocycles. The maximum absolute atomic E-state index is 9.50. The fourth-order valence-corrected chi connectivity index (χ4v) is 3.24. The molecule has 2 rings (SSSR count). The van der Waals surface area contributed by atoms with Gasteiger partial charge in [-0.05, 0) is 48.6 Å². The Morgan fingerprint density at radius 1 is 1.16 bits per heavy atom.